The fourth-order valence-electron chi connectivity index (χ4n) is 2.26. The highest BCUT2D eigenvalue weighted by atomic mass is 19.1. The van der Waals surface area contributed by atoms with Crippen molar-refractivity contribution in [1.29, 1.82) is 0 Å². The van der Waals surface area contributed by atoms with Gasteiger partial charge in [-0.05, 0) is 36.4 Å². The van der Waals surface area contributed by atoms with Crippen LogP contribution in [0.4, 0.5) is 4.39 Å². The summed E-state index contributed by atoms with van der Waals surface area (Å²) in [6, 6.07) is 8.30. The van der Waals surface area contributed by atoms with Crippen LogP contribution in [0.25, 0.3) is 0 Å². The maximum atomic E-state index is 12.8. The summed E-state index contributed by atoms with van der Waals surface area (Å²) in [5.74, 6) is -0.143. The van der Waals surface area contributed by atoms with Gasteiger partial charge in [-0.1, -0.05) is 0 Å². The quantitative estimate of drug-likeness (QED) is 0.529. The van der Waals surface area contributed by atoms with Crippen LogP contribution in [0.5, 0.6) is 17.2 Å². The second-order valence-corrected chi connectivity index (χ2v) is 5.44. The van der Waals surface area contributed by atoms with Gasteiger partial charge in [0.1, 0.15) is 5.82 Å². The molecule has 2 aromatic rings. The van der Waals surface area contributed by atoms with Crippen molar-refractivity contribution in [3.8, 4) is 17.2 Å². The zero-order valence-corrected chi connectivity index (χ0v) is 15.6. The first kappa shape index (κ1) is 20.7. The lowest BCUT2D eigenvalue weighted by molar-refractivity contribution is -0.120. The van der Waals surface area contributed by atoms with Gasteiger partial charge in [-0.15, -0.1) is 0 Å². The molecule has 0 unspecified atom stereocenters. The third-order valence-corrected chi connectivity index (χ3v) is 3.61. The van der Waals surface area contributed by atoms with Gasteiger partial charge in [0.25, 0.3) is 11.8 Å². The maximum absolute atomic E-state index is 12.8. The summed E-state index contributed by atoms with van der Waals surface area (Å²) in [5, 5.41) is 6.25. The molecule has 0 saturated carbocycles. The Bertz CT molecular complexity index is 843. The molecule has 0 spiro atoms. The van der Waals surface area contributed by atoms with Crippen LogP contribution in [-0.4, -0.2) is 45.9 Å². The topological polar surface area (TPSA) is 98.2 Å². The minimum atomic E-state index is -0.529. The first-order valence-corrected chi connectivity index (χ1v) is 8.14. The van der Waals surface area contributed by atoms with Crippen molar-refractivity contribution in [3.63, 3.8) is 0 Å². The average molecular weight is 389 g/mol. The lowest BCUT2D eigenvalue weighted by Crippen LogP contribution is -2.34. The van der Waals surface area contributed by atoms with Gasteiger partial charge in [-0.3, -0.25) is 9.59 Å². The van der Waals surface area contributed by atoms with Gasteiger partial charge >= 0.3 is 0 Å². The lowest BCUT2D eigenvalue weighted by Gasteiger charge is -2.12. The highest BCUT2D eigenvalue weighted by Gasteiger charge is 2.12. The number of rotatable bonds is 8. The molecule has 0 fully saturated rings. The Hall–Kier alpha value is -3.62. The molecule has 0 aliphatic rings. The molecular formula is C19H20FN3O5. The van der Waals surface area contributed by atoms with Crippen LogP contribution in [0.3, 0.4) is 0 Å². The fraction of sp³-hybridized carbons (Fsp3) is 0.211. The fourth-order valence-corrected chi connectivity index (χ4v) is 2.26. The molecule has 28 heavy (non-hydrogen) atoms. The number of nitrogens with one attached hydrogen (secondary N) is 2. The molecule has 0 bridgehead atoms. The molecule has 0 aliphatic carbocycles. The first-order chi connectivity index (χ1) is 13.5. The molecule has 2 N–H and O–H groups in total. The van der Waals surface area contributed by atoms with E-state index < -0.39 is 17.6 Å². The molecular weight excluding hydrogens is 369 g/mol. The van der Waals surface area contributed by atoms with Crippen molar-refractivity contribution < 1.29 is 28.2 Å². The number of methoxy groups -OCH3 is 3. The molecule has 0 aromatic heterocycles. The molecule has 148 valence electrons. The van der Waals surface area contributed by atoms with Gasteiger partial charge in [0.2, 0.25) is 5.75 Å². The number of carbonyl (C=O) groups excluding carboxylic acids is 2. The van der Waals surface area contributed by atoms with Crippen LogP contribution in [0, 0.1) is 5.82 Å². The zero-order valence-electron chi connectivity index (χ0n) is 15.6. The molecule has 2 amide bonds. The molecule has 9 heteroatoms. The van der Waals surface area contributed by atoms with Crippen LogP contribution in [0.15, 0.2) is 41.5 Å². The van der Waals surface area contributed by atoms with E-state index in [1.807, 2.05) is 0 Å². The lowest BCUT2D eigenvalue weighted by atomic mass is 10.2. The zero-order chi connectivity index (χ0) is 20.5. The van der Waals surface area contributed by atoms with Gasteiger partial charge in [0, 0.05) is 11.1 Å². The van der Waals surface area contributed by atoms with Crippen LogP contribution in [0.1, 0.15) is 15.9 Å². The molecule has 0 radical (unpaired) electrons. The average Bonchev–Trinajstić information content (AvgIpc) is 2.71. The molecule has 0 atom stereocenters. The Labute approximate surface area is 161 Å². The van der Waals surface area contributed by atoms with Crippen molar-refractivity contribution in [2.45, 2.75) is 0 Å². The number of ether oxygens (including phenoxy) is 3. The van der Waals surface area contributed by atoms with E-state index in [2.05, 4.69) is 15.8 Å². The van der Waals surface area contributed by atoms with Gasteiger partial charge in [-0.25, -0.2) is 9.82 Å². The number of hydrogen-bond donors (Lipinski definition) is 2. The second kappa shape index (κ2) is 9.91. The van der Waals surface area contributed by atoms with E-state index in [4.69, 9.17) is 14.2 Å². The normalized spacial score (nSPS) is 10.4. The minimum absolute atomic E-state index is 0.245. The number of nitrogens with zero attached hydrogens (tertiary/aromatic N) is 1. The number of hydrazone groups is 1. The summed E-state index contributed by atoms with van der Waals surface area (Å²) in [5.41, 5.74) is 3.14. The predicted molar refractivity (Wildman–Crippen MR) is 101 cm³/mol. The number of benzene rings is 2. The number of halogens is 1. The maximum Gasteiger partial charge on any atom is 0.259 e. The first-order valence-electron chi connectivity index (χ1n) is 8.14. The van der Waals surface area contributed by atoms with E-state index in [1.54, 1.807) is 12.1 Å². The van der Waals surface area contributed by atoms with Crippen molar-refractivity contribution in [3.05, 3.63) is 53.3 Å². The van der Waals surface area contributed by atoms with Crippen molar-refractivity contribution >= 4 is 18.0 Å². The second-order valence-electron chi connectivity index (χ2n) is 5.44. The summed E-state index contributed by atoms with van der Waals surface area (Å²) in [4.78, 5) is 23.7. The Morgan fingerprint density at radius 1 is 1.04 bits per heavy atom. The Morgan fingerprint density at radius 2 is 1.64 bits per heavy atom. The molecule has 2 rings (SSSR count). The minimum Gasteiger partial charge on any atom is -0.493 e. The van der Waals surface area contributed by atoms with Gasteiger partial charge in [0.15, 0.2) is 11.5 Å². The van der Waals surface area contributed by atoms with E-state index in [9.17, 15) is 14.0 Å². The number of amides is 2. The summed E-state index contributed by atoms with van der Waals surface area (Å²) < 4.78 is 28.5. The van der Waals surface area contributed by atoms with Crippen LogP contribution >= 0.6 is 0 Å². The molecule has 0 heterocycles. The monoisotopic (exact) mass is 389 g/mol. The third-order valence-electron chi connectivity index (χ3n) is 3.61. The summed E-state index contributed by atoms with van der Waals surface area (Å²) in [6.07, 6.45) is 1.39. The van der Waals surface area contributed by atoms with E-state index in [0.717, 1.165) is 12.1 Å². The standard InChI is InChI=1S/C19H20FN3O5/c1-26-15-8-12(9-16(27-2)18(15)28-3)10-22-23-17(24)11-21-19(25)13-4-6-14(20)7-5-13/h4-10H,11H2,1-3H3,(H,21,25)(H,23,24)/b22-10-. The van der Waals surface area contributed by atoms with Crippen LogP contribution < -0.4 is 25.0 Å². The summed E-state index contributed by atoms with van der Waals surface area (Å²) >= 11 is 0. The smallest absolute Gasteiger partial charge is 0.259 e. The SMILES string of the molecule is COc1cc(/C=N\NC(=O)CNC(=O)c2ccc(F)cc2)cc(OC)c1OC. The highest BCUT2D eigenvalue weighted by Crippen LogP contribution is 2.37. The Kier molecular flexibility index (Phi) is 7.32. The van der Waals surface area contributed by atoms with E-state index in [0.29, 0.717) is 22.8 Å². The van der Waals surface area contributed by atoms with E-state index in [1.165, 1.54) is 39.7 Å². The predicted octanol–water partition coefficient (Wildman–Crippen LogP) is 1.73. The molecule has 0 aliphatic heterocycles. The Balaban J connectivity index is 1.92. The molecule has 0 saturated heterocycles. The van der Waals surface area contributed by atoms with Crippen molar-refractivity contribution in [2.24, 2.45) is 5.10 Å². The van der Waals surface area contributed by atoms with Gasteiger partial charge in [-0.2, -0.15) is 5.10 Å². The van der Waals surface area contributed by atoms with Gasteiger partial charge in [0.05, 0.1) is 34.1 Å². The largest absolute Gasteiger partial charge is 0.493 e. The summed E-state index contributed by atoms with van der Waals surface area (Å²) in [6.45, 7) is -0.289. The molecule has 8 nitrogen and oxygen atoms in total. The molecule has 2 aromatic carbocycles. The highest BCUT2D eigenvalue weighted by molar-refractivity contribution is 5.96. The number of carbonyl (C=O) groups is 2. The van der Waals surface area contributed by atoms with Crippen LogP contribution in [0.2, 0.25) is 0 Å². The van der Waals surface area contributed by atoms with E-state index >= 15 is 0 Å². The van der Waals surface area contributed by atoms with Crippen molar-refractivity contribution in [2.75, 3.05) is 27.9 Å². The van der Waals surface area contributed by atoms with Crippen LogP contribution in [-0.2, 0) is 4.79 Å². The van der Waals surface area contributed by atoms with Crippen molar-refractivity contribution in [1.82, 2.24) is 10.7 Å². The Morgan fingerprint density at radius 3 is 2.18 bits per heavy atom. The summed E-state index contributed by atoms with van der Waals surface area (Å²) in [7, 11) is 4.47. The van der Waals surface area contributed by atoms with Gasteiger partial charge < -0.3 is 19.5 Å². The van der Waals surface area contributed by atoms with E-state index in [-0.39, 0.29) is 12.1 Å². The third kappa shape index (κ3) is 5.44. The number of hydrogen-bond acceptors (Lipinski definition) is 6.